The van der Waals surface area contributed by atoms with Crippen LogP contribution in [0.3, 0.4) is 0 Å². The van der Waals surface area contributed by atoms with Crippen LogP contribution in [0.25, 0.3) is 32.4 Å². The monoisotopic (exact) mass is 957 g/mol. The quantitative estimate of drug-likeness (QED) is 0.0699. The minimum Gasteiger partial charge on any atom is -0.487 e. The molecule has 67 heavy (non-hydrogen) atoms. The zero-order valence-electron chi connectivity index (χ0n) is 37.1. The van der Waals surface area contributed by atoms with Crippen LogP contribution >= 0.6 is 22.9 Å². The van der Waals surface area contributed by atoms with Crippen LogP contribution in [0, 0.1) is 11.7 Å². The van der Waals surface area contributed by atoms with E-state index in [1.54, 1.807) is 41.9 Å². The maximum absolute atomic E-state index is 13.4. The summed E-state index contributed by atoms with van der Waals surface area (Å²) in [6.45, 7) is 5.43. The number of nitrogens with one attached hydrogen (secondary N) is 3. The molecule has 4 aromatic heterocycles. The maximum atomic E-state index is 13.4. The van der Waals surface area contributed by atoms with Crippen molar-refractivity contribution >= 4 is 76.2 Å². The van der Waals surface area contributed by atoms with Crippen LogP contribution in [0.15, 0.2) is 145 Å². The Kier molecular flexibility index (Phi) is 15.2. The van der Waals surface area contributed by atoms with Crippen LogP contribution in [0.1, 0.15) is 49.6 Å². The molecule has 0 saturated carbocycles. The number of aromatic nitrogens is 6. The van der Waals surface area contributed by atoms with E-state index in [-0.39, 0.29) is 24.2 Å². The number of para-hydroxylation sites is 1. The van der Waals surface area contributed by atoms with Gasteiger partial charge in [-0.3, -0.25) is 0 Å². The molecule has 0 spiro atoms. The highest BCUT2D eigenvalue weighted by atomic mass is 35.5. The van der Waals surface area contributed by atoms with Crippen LogP contribution in [-0.2, 0) is 23.0 Å². The maximum Gasteiger partial charge on any atom is 0.188 e. The van der Waals surface area contributed by atoms with Gasteiger partial charge in [-0.1, -0.05) is 86.0 Å². The number of furan rings is 1. The van der Waals surface area contributed by atoms with E-state index in [0.717, 1.165) is 45.6 Å². The second-order valence-electron chi connectivity index (χ2n) is 15.8. The summed E-state index contributed by atoms with van der Waals surface area (Å²) in [7, 11) is -3.02. The molecule has 17 heteroatoms. The molecule has 9 aromatic rings. The minimum absolute atomic E-state index is 0.0664. The number of fused-ring (bicyclic) bond motifs is 2. The Balaban J connectivity index is 0.000000196. The average Bonchev–Trinajstić information content (AvgIpc) is 4.12. The van der Waals surface area contributed by atoms with Crippen molar-refractivity contribution in [1.29, 1.82) is 0 Å². The van der Waals surface area contributed by atoms with E-state index >= 15 is 0 Å². The Morgan fingerprint density at radius 3 is 2.42 bits per heavy atom. The number of hydrogen-bond donors (Lipinski definition) is 3. The molecule has 5 aromatic carbocycles. The van der Waals surface area contributed by atoms with Crippen LogP contribution in [0.5, 0.6) is 5.75 Å². The predicted molar refractivity (Wildman–Crippen MR) is 266 cm³/mol. The summed E-state index contributed by atoms with van der Waals surface area (Å²) in [5.41, 5.74) is 6.32. The lowest BCUT2D eigenvalue weighted by atomic mass is 9.89. The molecule has 0 aliphatic rings. The van der Waals surface area contributed by atoms with Crippen molar-refractivity contribution in [3.63, 3.8) is 0 Å². The first-order valence-electron chi connectivity index (χ1n) is 21.7. The number of sulfone groups is 1. The average molecular weight is 959 g/mol. The molecular formula is C50H49ClFN9O4S2. The van der Waals surface area contributed by atoms with Crippen molar-refractivity contribution < 1.29 is 22.0 Å². The molecule has 0 aliphatic carbocycles. The molecule has 13 nitrogen and oxygen atoms in total. The Hall–Kier alpha value is -6.72. The summed E-state index contributed by atoms with van der Waals surface area (Å²) in [6.07, 6.45) is 8.32. The number of hydrogen-bond acceptors (Lipinski definition) is 13. The zero-order chi connectivity index (χ0) is 46.8. The molecule has 344 valence electrons. The highest BCUT2D eigenvalue weighted by Gasteiger charge is 2.23. The molecule has 3 N–H and O–H groups in total. The Labute approximate surface area is 397 Å². The van der Waals surface area contributed by atoms with Gasteiger partial charge in [0.25, 0.3) is 0 Å². The number of halogens is 2. The fraction of sp³-hybridized carbons (Fsp3) is 0.220. The van der Waals surface area contributed by atoms with Crippen LogP contribution in [-0.4, -0.2) is 56.7 Å². The molecule has 0 fully saturated rings. The summed E-state index contributed by atoms with van der Waals surface area (Å²) >= 11 is 8.14. The van der Waals surface area contributed by atoms with E-state index in [9.17, 15) is 12.8 Å². The summed E-state index contributed by atoms with van der Waals surface area (Å²) < 4.78 is 50.9. The number of rotatable bonds is 18. The van der Waals surface area contributed by atoms with Crippen molar-refractivity contribution in [3.05, 3.63) is 168 Å². The lowest BCUT2D eigenvalue weighted by Gasteiger charge is -2.26. The molecule has 0 bridgehead atoms. The SMILES string of the molecule is CCC(CC)C(c1ccc(Nc2nc3ccccc3s2)cc1)n1cncn1.CS(=O)(=O)CCNCc1ccc(-c2ccc3ncnc(Nc4ccc(OCc5cccc(F)c5)c(Cl)c4)c3c2)o1. The normalized spacial score (nSPS) is 12.0. The second kappa shape index (κ2) is 21.7. The van der Waals surface area contributed by atoms with E-state index in [1.165, 1.54) is 35.0 Å². The highest BCUT2D eigenvalue weighted by molar-refractivity contribution is 7.90. The molecule has 4 heterocycles. The summed E-state index contributed by atoms with van der Waals surface area (Å²) in [4.78, 5) is 17.6. The third-order valence-electron chi connectivity index (χ3n) is 11.0. The summed E-state index contributed by atoms with van der Waals surface area (Å²) in [6, 6.07) is 38.0. The summed E-state index contributed by atoms with van der Waals surface area (Å²) in [5, 5.41) is 16.3. The fourth-order valence-corrected chi connectivity index (χ4v) is 9.21. The Morgan fingerprint density at radius 2 is 1.67 bits per heavy atom. The van der Waals surface area contributed by atoms with Crippen LogP contribution in [0.2, 0.25) is 5.02 Å². The van der Waals surface area contributed by atoms with Crippen molar-refractivity contribution in [2.24, 2.45) is 5.92 Å². The second-order valence-corrected chi connectivity index (χ2v) is 19.5. The number of nitrogens with zero attached hydrogens (tertiary/aromatic N) is 6. The molecule has 0 amide bonds. The predicted octanol–water partition coefficient (Wildman–Crippen LogP) is 11.8. The van der Waals surface area contributed by atoms with Gasteiger partial charge in [0, 0.05) is 35.1 Å². The van der Waals surface area contributed by atoms with Crippen molar-refractivity contribution in [3.8, 4) is 17.1 Å². The number of ether oxygens (including phenoxy) is 1. The number of anilines is 4. The first-order chi connectivity index (χ1) is 32.5. The first kappa shape index (κ1) is 46.8. The number of benzene rings is 5. The molecular weight excluding hydrogens is 909 g/mol. The van der Waals surface area contributed by atoms with Gasteiger partial charge in [-0.2, -0.15) is 5.10 Å². The molecule has 0 aliphatic heterocycles. The standard InChI is InChI=1S/C29H26ClFN4O4S.C21H23N5S/c1-40(36,37)12-11-32-16-23-7-10-27(39-23)20-5-8-26-24(14-20)29(34-18-33-26)35-22-6-9-28(25(30)15-22)38-17-19-3-2-4-21(31)13-19;1-3-15(4-2)20(26-14-22-13-23-26)16-9-11-17(12-10-16)24-21-25-18-7-5-6-8-19(18)27-21/h2-10,13-15,18,32H,11-12,16-17H2,1H3,(H,33,34,35);5-15,20H,3-4H2,1-2H3,(H,24,25). The highest BCUT2D eigenvalue weighted by Crippen LogP contribution is 2.35. The largest absolute Gasteiger partial charge is 0.487 e. The topological polar surface area (TPSA) is 162 Å². The minimum atomic E-state index is -3.02. The van der Waals surface area contributed by atoms with E-state index in [2.05, 4.69) is 85.2 Å². The van der Waals surface area contributed by atoms with E-state index in [0.29, 0.717) is 58.4 Å². The third-order valence-corrected chi connectivity index (χ3v) is 13.2. The van der Waals surface area contributed by atoms with Gasteiger partial charge < -0.3 is 25.1 Å². The fourth-order valence-electron chi connectivity index (χ4n) is 7.58. The van der Waals surface area contributed by atoms with Crippen LogP contribution < -0.4 is 20.7 Å². The van der Waals surface area contributed by atoms with Gasteiger partial charge in [0.1, 0.15) is 64.3 Å². The molecule has 9 rings (SSSR count). The first-order valence-corrected chi connectivity index (χ1v) is 25.0. The van der Waals surface area contributed by atoms with Crippen molar-refractivity contribution in [2.45, 2.75) is 45.9 Å². The summed E-state index contributed by atoms with van der Waals surface area (Å²) in [5.74, 6) is 2.70. The smallest absolute Gasteiger partial charge is 0.188 e. The molecule has 1 atom stereocenters. The zero-order valence-corrected chi connectivity index (χ0v) is 39.5. The van der Waals surface area contributed by atoms with Crippen molar-refractivity contribution in [2.75, 3.05) is 29.2 Å². The Morgan fingerprint density at radius 1 is 0.851 bits per heavy atom. The van der Waals surface area contributed by atoms with E-state index in [1.807, 2.05) is 65.6 Å². The van der Waals surface area contributed by atoms with Gasteiger partial charge in [-0.15, -0.1) is 0 Å². The third kappa shape index (κ3) is 12.4. The van der Waals surface area contributed by atoms with Gasteiger partial charge in [-0.25, -0.2) is 37.4 Å². The molecule has 0 radical (unpaired) electrons. The van der Waals surface area contributed by atoms with Gasteiger partial charge in [-0.05, 0) is 102 Å². The molecule has 1 unspecified atom stereocenters. The van der Waals surface area contributed by atoms with E-state index < -0.39 is 9.84 Å². The lowest BCUT2D eigenvalue weighted by molar-refractivity contribution is 0.306. The van der Waals surface area contributed by atoms with Gasteiger partial charge >= 0.3 is 0 Å². The molecule has 0 saturated heterocycles. The van der Waals surface area contributed by atoms with Gasteiger partial charge in [0.05, 0.1) is 39.1 Å². The van der Waals surface area contributed by atoms with Crippen LogP contribution in [0.4, 0.5) is 26.7 Å². The van der Waals surface area contributed by atoms with Gasteiger partial charge in [0.15, 0.2) is 5.13 Å². The van der Waals surface area contributed by atoms with Gasteiger partial charge in [0.2, 0.25) is 0 Å². The van der Waals surface area contributed by atoms with E-state index in [4.69, 9.17) is 20.8 Å². The Bertz CT molecular complexity index is 3130. The van der Waals surface area contributed by atoms with Crippen molar-refractivity contribution in [1.82, 2.24) is 35.0 Å². The number of thiazole rings is 1. The lowest BCUT2D eigenvalue weighted by Crippen LogP contribution is -2.21.